The van der Waals surface area contributed by atoms with E-state index < -0.39 is 136 Å². The van der Waals surface area contributed by atoms with Crippen molar-refractivity contribution in [1.29, 1.82) is 0 Å². The number of halogens is 1. The fourth-order valence-electron chi connectivity index (χ4n) is 2.91. The molecule has 0 unspecified atom stereocenters. The summed E-state index contributed by atoms with van der Waals surface area (Å²) in [6.45, 7) is -11.9. The van der Waals surface area contributed by atoms with Crippen molar-refractivity contribution in [3.8, 4) is 23.0 Å². The fourth-order valence-corrected chi connectivity index (χ4v) is 3.10. The molecule has 0 saturated carbocycles. The maximum Gasteiger partial charge on any atom is 0.471 e. The Morgan fingerprint density at radius 3 is 2.55 bits per heavy atom. The second-order valence-electron chi connectivity index (χ2n) is 7.17. The van der Waals surface area contributed by atoms with Gasteiger partial charge >= 0.3 is 7.82 Å². The Morgan fingerprint density at radius 1 is 1.18 bits per heavy atom. The average molecular weight is 600 g/mol. The molecule has 1 aromatic carbocycles. The van der Waals surface area contributed by atoms with Gasteiger partial charge in [0.2, 0.25) is 11.7 Å². The predicted octanol–water partition coefficient (Wildman–Crippen LogP) is 3.09. The van der Waals surface area contributed by atoms with Crippen molar-refractivity contribution in [3.05, 3.63) is 36.2 Å². The van der Waals surface area contributed by atoms with E-state index in [0.717, 1.165) is 6.07 Å². The van der Waals surface area contributed by atoms with Crippen molar-refractivity contribution in [2.45, 2.75) is 19.3 Å². The van der Waals surface area contributed by atoms with Crippen LogP contribution in [0.5, 0.6) is 23.0 Å². The van der Waals surface area contributed by atoms with Crippen LogP contribution >= 0.6 is 7.82 Å². The number of fused-ring (bicyclic) bond motifs is 1. The Bertz CT molecular complexity index is 2120. The maximum absolute atomic E-state index is 15.1. The summed E-state index contributed by atoms with van der Waals surface area (Å²) < 4.78 is 198. The lowest BCUT2D eigenvalue weighted by Gasteiger charge is -2.37. The minimum atomic E-state index is -5.91. The van der Waals surface area contributed by atoms with Crippen LogP contribution in [0.3, 0.4) is 0 Å². The first-order valence-electron chi connectivity index (χ1n) is 19.5. The highest BCUT2D eigenvalue weighted by Gasteiger charge is 2.42. The van der Waals surface area contributed by atoms with Crippen LogP contribution in [0.25, 0.3) is 0 Å². The molecule has 1 amide bonds. The second kappa shape index (κ2) is 11.1. The molecule has 3 heterocycles. The molecule has 0 saturated heterocycles. The lowest BCUT2D eigenvalue weighted by molar-refractivity contribution is -0.133. The minimum absolute atomic E-state index is 0.432. The molecular weight excluding hydrogens is 554 g/mol. The van der Waals surface area contributed by atoms with Crippen molar-refractivity contribution in [2.24, 2.45) is 0 Å². The van der Waals surface area contributed by atoms with E-state index in [0.29, 0.717) is 12.3 Å². The molecule has 4 N–H and O–H groups in total. The van der Waals surface area contributed by atoms with E-state index in [2.05, 4.69) is 30.1 Å². The number of nitrogens with zero attached hydrogens (tertiary/aromatic N) is 4. The molecule has 0 bridgehead atoms. The maximum atomic E-state index is 15.1. The molecule has 214 valence electrons. The molecular formula is C23H26FN6O9P. The third kappa shape index (κ3) is 6.15. The van der Waals surface area contributed by atoms with Crippen molar-refractivity contribution < 1.29 is 73.1 Å². The molecule has 1 aliphatic rings. The highest BCUT2D eigenvalue weighted by molar-refractivity contribution is 7.46. The zero-order valence-electron chi connectivity index (χ0n) is 38.1. The molecule has 3 aromatic rings. The van der Waals surface area contributed by atoms with Crippen LogP contribution in [0, 0.1) is 5.82 Å². The molecule has 0 aliphatic carbocycles. The molecule has 4 rings (SSSR count). The van der Waals surface area contributed by atoms with Gasteiger partial charge in [0.25, 0.3) is 5.91 Å². The topological polar surface area (TPSA) is 187 Å². The van der Waals surface area contributed by atoms with Gasteiger partial charge in [0, 0.05) is 26.0 Å². The number of amides is 1. The zero-order chi connectivity index (χ0) is 45.3. The number of carbonyl (C=O) groups excluding carboxylic acids is 1. The van der Waals surface area contributed by atoms with Crippen LogP contribution in [-0.4, -0.2) is 64.0 Å². The minimum Gasteiger partial charge on any atom is -0.493 e. The number of hydrogen-bond donors (Lipinski definition) is 4. The molecule has 0 spiro atoms. The number of aromatic nitrogens is 3. The van der Waals surface area contributed by atoms with E-state index in [1.54, 1.807) is 0 Å². The number of phosphoric ester groups is 1. The molecule has 0 fully saturated rings. The summed E-state index contributed by atoms with van der Waals surface area (Å²) in [5.41, 5.74) is -4.85. The molecule has 15 nitrogen and oxygen atoms in total. The smallest absolute Gasteiger partial charge is 0.471 e. The summed E-state index contributed by atoms with van der Waals surface area (Å²) in [6, 6.07) is -0.842. The molecule has 40 heavy (non-hydrogen) atoms. The van der Waals surface area contributed by atoms with Crippen LogP contribution in [0.2, 0.25) is 0 Å². The summed E-state index contributed by atoms with van der Waals surface area (Å²) in [4.78, 5) is 43.1. The van der Waals surface area contributed by atoms with Gasteiger partial charge in [-0.25, -0.2) is 18.9 Å². The van der Waals surface area contributed by atoms with Crippen molar-refractivity contribution in [2.75, 3.05) is 43.3 Å². The summed E-state index contributed by atoms with van der Waals surface area (Å²) in [7, 11) is -16.3. The Morgan fingerprint density at radius 2 is 1.90 bits per heavy atom. The Balaban J connectivity index is 1.87. The van der Waals surface area contributed by atoms with Crippen LogP contribution in [0.1, 0.15) is 39.7 Å². The Labute approximate surface area is 254 Å². The van der Waals surface area contributed by atoms with E-state index in [1.807, 2.05) is 0 Å². The highest BCUT2D eigenvalue weighted by Crippen LogP contribution is 2.42. The van der Waals surface area contributed by atoms with Crippen molar-refractivity contribution in [3.63, 3.8) is 0 Å². The van der Waals surface area contributed by atoms with E-state index >= 15 is 4.39 Å². The number of nitrogens with one attached hydrogen (secondary N) is 2. The van der Waals surface area contributed by atoms with Crippen LogP contribution in [0.4, 0.5) is 33.5 Å². The van der Waals surface area contributed by atoms with E-state index in [-0.39, 0.29) is 0 Å². The first-order chi connectivity index (χ1) is 26.4. The van der Waals surface area contributed by atoms with Gasteiger partial charge in [-0.3, -0.25) is 14.2 Å². The van der Waals surface area contributed by atoms with E-state index in [9.17, 15) is 19.1 Å². The highest BCUT2D eigenvalue weighted by atomic mass is 31.2. The normalized spacial score (nSPS) is 23.1. The second-order valence-corrected chi connectivity index (χ2v) is 8.34. The van der Waals surface area contributed by atoms with Crippen molar-refractivity contribution in [1.82, 2.24) is 15.0 Å². The van der Waals surface area contributed by atoms with E-state index in [1.165, 1.54) is 0 Å². The summed E-state index contributed by atoms with van der Waals surface area (Å²) >= 11 is 0. The molecule has 0 atom stereocenters. The Hall–Kier alpha value is -4.24. The largest absolute Gasteiger partial charge is 0.493 e. The number of hydrogen-bond acceptors (Lipinski definition) is 12. The molecule has 0 radical (unpaired) electrons. The van der Waals surface area contributed by atoms with Gasteiger partial charge in [-0.1, -0.05) is 0 Å². The summed E-state index contributed by atoms with van der Waals surface area (Å²) in [6.07, 6.45) is 0.432. The summed E-state index contributed by atoms with van der Waals surface area (Å²) in [5, 5.41) is 4.44. The van der Waals surface area contributed by atoms with Gasteiger partial charge in [0.1, 0.15) is 12.5 Å². The number of pyridine rings is 1. The molecule has 1 aliphatic heterocycles. The SMILES string of the molecule is [2H]c1c(Nc2ncc(F)c(Nc3ccc4c(n3)N(C([2H])([2H])OP(=O)(O)O)C(=O)C(C([2H])([2H])[2H])(C([2H])([2H])[2H])O4)n2)c([2H])c(OC([2H])([2H])[2H])c(OC([2H])([2H])[2H])c1OC([2H])([2H])[2H]. The number of anilines is 5. The average Bonchev–Trinajstić information content (AvgIpc) is 3.00. The fraction of sp³-hybridized carbons (Fsp3) is 0.304. The predicted molar refractivity (Wildman–Crippen MR) is 139 cm³/mol. The van der Waals surface area contributed by atoms with Gasteiger partial charge in [0.05, 0.1) is 45.1 Å². The third-order valence-corrected chi connectivity index (χ3v) is 4.81. The van der Waals surface area contributed by atoms with Crippen LogP contribution < -0.4 is 34.5 Å². The van der Waals surface area contributed by atoms with Crippen LogP contribution in [-0.2, 0) is 13.9 Å². The van der Waals surface area contributed by atoms with Gasteiger partial charge in [-0.2, -0.15) is 4.98 Å². The lowest BCUT2D eigenvalue weighted by Crippen LogP contribution is -2.53. The number of rotatable bonds is 10. The van der Waals surface area contributed by atoms with Gasteiger partial charge in [-0.15, -0.1) is 0 Å². The number of benzene rings is 1. The van der Waals surface area contributed by atoms with Gasteiger partial charge in [-0.05, 0) is 25.8 Å². The summed E-state index contributed by atoms with van der Waals surface area (Å²) in [5.74, 6) is -12.0. The standard InChI is InChI=1S/C23H26FN6O9P/c1-23(2)21(31)30(11-38-40(32,33)34)20-14(39-23)6-7-17(28-20)27-19-13(24)10-25-22(29-19)26-12-8-15(35-3)18(37-5)16(9-12)36-4/h6-10H,11H2,1-5H3,(H2,32,33,34)(H2,25,26,27,28,29)/i1D3,2D3,3D3,4D3,5D3,8D,9D,11D2. The number of phosphoric acid groups is 1. The number of carbonyl (C=O) groups is 1. The van der Waals surface area contributed by atoms with Crippen LogP contribution in [0.15, 0.2) is 30.4 Å². The van der Waals surface area contributed by atoms with Crippen molar-refractivity contribution >= 4 is 42.8 Å². The van der Waals surface area contributed by atoms with Gasteiger partial charge in [0.15, 0.2) is 40.3 Å². The lowest BCUT2D eigenvalue weighted by atomic mass is 10.1. The monoisotopic (exact) mass is 599 g/mol. The quantitative estimate of drug-likeness (QED) is 0.249. The first kappa shape index (κ1) is 13.0. The Kier molecular flexibility index (Phi) is 3.59. The third-order valence-electron chi connectivity index (χ3n) is 4.49. The molecule has 17 heteroatoms. The first-order valence-corrected chi connectivity index (χ1v) is 11.5. The van der Waals surface area contributed by atoms with Gasteiger partial charge < -0.3 is 39.4 Å². The number of ether oxygens (including phenoxy) is 4. The van der Waals surface area contributed by atoms with E-state index in [4.69, 9.17) is 45.0 Å². The number of methoxy groups -OCH3 is 3. The zero-order valence-corrected chi connectivity index (χ0v) is 20.0. The molecule has 2 aromatic heterocycles.